The van der Waals surface area contributed by atoms with Crippen molar-refractivity contribution in [3.8, 4) is 5.75 Å². The van der Waals surface area contributed by atoms with Crippen molar-refractivity contribution < 1.29 is 14.1 Å². The molecule has 0 aromatic heterocycles. The van der Waals surface area contributed by atoms with E-state index in [0.717, 1.165) is 5.56 Å². The Morgan fingerprint density at radius 2 is 1.90 bits per heavy atom. The molecule has 1 N–H and O–H groups in total. The van der Waals surface area contributed by atoms with Crippen molar-refractivity contribution in [1.29, 1.82) is 0 Å². The number of non-ortho nitro benzene ring substituents is 1. The fraction of sp³-hybridized carbons (Fsp3) is 0.200. The second-order valence-corrected chi connectivity index (χ2v) is 4.56. The lowest BCUT2D eigenvalue weighted by Gasteiger charge is -2.17. The number of anilines is 1. The van der Waals surface area contributed by atoms with E-state index in [2.05, 4.69) is 5.32 Å². The monoisotopic (exact) mass is 290 g/mol. The van der Waals surface area contributed by atoms with E-state index in [-0.39, 0.29) is 17.5 Å². The summed E-state index contributed by atoms with van der Waals surface area (Å²) in [7, 11) is 1.49. The number of methoxy groups -OCH3 is 1. The normalized spacial score (nSPS) is 11.8. The third kappa shape index (κ3) is 3.47. The molecule has 0 fully saturated rings. The Bertz CT molecular complexity index is 644. The molecule has 0 saturated heterocycles. The summed E-state index contributed by atoms with van der Waals surface area (Å²) in [6, 6.07) is 10.3. The van der Waals surface area contributed by atoms with Crippen molar-refractivity contribution in [1.82, 2.24) is 0 Å². The SMILES string of the molecule is COc1ccc([N+](=O)[O-])cc1NC(C)c1ccc(F)cc1. The molecule has 2 aromatic carbocycles. The number of hydrogen-bond acceptors (Lipinski definition) is 4. The van der Waals surface area contributed by atoms with Crippen LogP contribution in [0.3, 0.4) is 0 Å². The lowest BCUT2D eigenvalue weighted by atomic mass is 10.1. The second kappa shape index (κ2) is 6.21. The van der Waals surface area contributed by atoms with Crippen molar-refractivity contribution in [2.24, 2.45) is 0 Å². The smallest absolute Gasteiger partial charge is 0.271 e. The van der Waals surface area contributed by atoms with E-state index < -0.39 is 4.92 Å². The molecule has 0 aliphatic rings. The molecule has 0 radical (unpaired) electrons. The molecule has 6 heteroatoms. The van der Waals surface area contributed by atoms with Gasteiger partial charge in [-0.15, -0.1) is 0 Å². The summed E-state index contributed by atoms with van der Waals surface area (Å²) in [6.07, 6.45) is 0. The summed E-state index contributed by atoms with van der Waals surface area (Å²) in [5.41, 5.74) is 1.36. The van der Waals surface area contributed by atoms with Gasteiger partial charge in [-0.2, -0.15) is 0 Å². The Kier molecular flexibility index (Phi) is 4.37. The number of nitrogens with one attached hydrogen (secondary N) is 1. The Hall–Kier alpha value is -2.63. The molecule has 5 nitrogen and oxygen atoms in total. The van der Waals surface area contributed by atoms with Gasteiger partial charge in [-0.3, -0.25) is 10.1 Å². The number of benzene rings is 2. The predicted molar refractivity (Wildman–Crippen MR) is 78.1 cm³/mol. The predicted octanol–water partition coefficient (Wildman–Crippen LogP) is 3.92. The minimum absolute atomic E-state index is 0.0235. The van der Waals surface area contributed by atoms with Crippen molar-refractivity contribution >= 4 is 11.4 Å². The third-order valence-electron chi connectivity index (χ3n) is 3.14. The molecule has 110 valence electrons. The van der Waals surface area contributed by atoms with Gasteiger partial charge in [-0.05, 0) is 30.7 Å². The Morgan fingerprint density at radius 3 is 2.48 bits per heavy atom. The molecule has 0 spiro atoms. The summed E-state index contributed by atoms with van der Waals surface area (Å²) in [4.78, 5) is 10.4. The van der Waals surface area contributed by atoms with E-state index in [1.165, 1.54) is 37.4 Å². The van der Waals surface area contributed by atoms with Crippen molar-refractivity contribution in [2.45, 2.75) is 13.0 Å². The molecule has 1 unspecified atom stereocenters. The van der Waals surface area contributed by atoms with Gasteiger partial charge in [-0.1, -0.05) is 12.1 Å². The number of hydrogen-bond donors (Lipinski definition) is 1. The maximum atomic E-state index is 12.9. The van der Waals surface area contributed by atoms with Gasteiger partial charge >= 0.3 is 0 Å². The number of nitro groups is 1. The Balaban J connectivity index is 2.26. The zero-order valence-electron chi connectivity index (χ0n) is 11.7. The van der Waals surface area contributed by atoms with Crippen LogP contribution in [0.25, 0.3) is 0 Å². The highest BCUT2D eigenvalue weighted by molar-refractivity contribution is 5.62. The van der Waals surface area contributed by atoms with E-state index >= 15 is 0 Å². The Labute approximate surface area is 121 Å². The topological polar surface area (TPSA) is 64.4 Å². The summed E-state index contributed by atoms with van der Waals surface area (Å²) in [5, 5.41) is 14.0. The fourth-order valence-electron chi connectivity index (χ4n) is 1.99. The molecule has 1 atom stereocenters. The summed E-state index contributed by atoms with van der Waals surface area (Å²) >= 11 is 0. The quantitative estimate of drug-likeness (QED) is 0.669. The van der Waals surface area contributed by atoms with E-state index in [1.54, 1.807) is 12.1 Å². The van der Waals surface area contributed by atoms with Gasteiger partial charge in [0, 0.05) is 18.2 Å². The van der Waals surface area contributed by atoms with Crippen LogP contribution in [0.5, 0.6) is 5.75 Å². The first-order chi connectivity index (χ1) is 10.0. The molecule has 21 heavy (non-hydrogen) atoms. The van der Waals surface area contributed by atoms with Crippen LogP contribution < -0.4 is 10.1 Å². The van der Waals surface area contributed by atoms with Crippen molar-refractivity contribution in [3.05, 3.63) is 64.0 Å². The Morgan fingerprint density at radius 1 is 1.24 bits per heavy atom. The summed E-state index contributed by atoms with van der Waals surface area (Å²) < 4.78 is 18.1. The maximum absolute atomic E-state index is 12.9. The van der Waals surface area contributed by atoms with E-state index in [9.17, 15) is 14.5 Å². The third-order valence-corrected chi connectivity index (χ3v) is 3.14. The van der Waals surface area contributed by atoms with Crippen LogP contribution in [0.2, 0.25) is 0 Å². The van der Waals surface area contributed by atoms with Gasteiger partial charge in [0.25, 0.3) is 5.69 Å². The molecule has 0 aliphatic heterocycles. The van der Waals surface area contributed by atoms with Gasteiger partial charge in [0.2, 0.25) is 0 Å². The van der Waals surface area contributed by atoms with Crippen LogP contribution in [-0.2, 0) is 0 Å². The average molecular weight is 290 g/mol. The van der Waals surface area contributed by atoms with Crippen LogP contribution >= 0.6 is 0 Å². The van der Waals surface area contributed by atoms with Crippen molar-refractivity contribution in [3.63, 3.8) is 0 Å². The van der Waals surface area contributed by atoms with Gasteiger partial charge in [0.1, 0.15) is 11.6 Å². The lowest BCUT2D eigenvalue weighted by molar-refractivity contribution is -0.384. The minimum atomic E-state index is -0.465. The van der Waals surface area contributed by atoms with Gasteiger partial charge < -0.3 is 10.1 Å². The van der Waals surface area contributed by atoms with Crippen LogP contribution in [0, 0.1) is 15.9 Å². The summed E-state index contributed by atoms with van der Waals surface area (Å²) in [6.45, 7) is 1.88. The minimum Gasteiger partial charge on any atom is -0.495 e. The second-order valence-electron chi connectivity index (χ2n) is 4.56. The maximum Gasteiger partial charge on any atom is 0.271 e. The first-order valence-corrected chi connectivity index (χ1v) is 6.35. The number of nitrogens with zero attached hydrogens (tertiary/aromatic N) is 1. The van der Waals surface area contributed by atoms with Gasteiger partial charge in [0.05, 0.1) is 17.7 Å². The van der Waals surface area contributed by atoms with E-state index in [4.69, 9.17) is 4.74 Å². The first kappa shape index (κ1) is 14.8. The zero-order valence-corrected chi connectivity index (χ0v) is 11.7. The highest BCUT2D eigenvalue weighted by Crippen LogP contribution is 2.31. The van der Waals surface area contributed by atoms with Crippen LogP contribution in [-0.4, -0.2) is 12.0 Å². The lowest BCUT2D eigenvalue weighted by Crippen LogP contribution is -2.08. The number of ether oxygens (including phenoxy) is 1. The highest BCUT2D eigenvalue weighted by atomic mass is 19.1. The highest BCUT2D eigenvalue weighted by Gasteiger charge is 2.14. The van der Waals surface area contributed by atoms with Crippen LogP contribution in [0.15, 0.2) is 42.5 Å². The molecule has 0 bridgehead atoms. The van der Waals surface area contributed by atoms with E-state index in [1.807, 2.05) is 6.92 Å². The van der Waals surface area contributed by atoms with E-state index in [0.29, 0.717) is 11.4 Å². The average Bonchev–Trinajstić information content (AvgIpc) is 2.47. The molecule has 0 saturated carbocycles. The van der Waals surface area contributed by atoms with Gasteiger partial charge in [0.15, 0.2) is 0 Å². The molecule has 0 heterocycles. The molecule has 2 rings (SSSR count). The number of halogens is 1. The number of rotatable bonds is 5. The molecule has 2 aromatic rings. The summed E-state index contributed by atoms with van der Waals surface area (Å²) in [5.74, 6) is 0.202. The first-order valence-electron chi connectivity index (χ1n) is 6.35. The zero-order chi connectivity index (χ0) is 15.4. The molecular formula is C15H15FN2O3. The van der Waals surface area contributed by atoms with Crippen molar-refractivity contribution in [2.75, 3.05) is 12.4 Å². The van der Waals surface area contributed by atoms with Crippen LogP contribution in [0.4, 0.5) is 15.8 Å². The number of nitro benzene ring substituents is 1. The van der Waals surface area contributed by atoms with Gasteiger partial charge in [-0.25, -0.2) is 4.39 Å². The standard InChI is InChI=1S/C15H15FN2O3/c1-10(11-3-5-12(16)6-4-11)17-14-9-13(18(19)20)7-8-15(14)21-2/h3-10,17H,1-2H3. The fourth-order valence-corrected chi connectivity index (χ4v) is 1.99. The molecule has 0 amide bonds. The molecular weight excluding hydrogens is 275 g/mol. The van der Waals surface area contributed by atoms with Crippen LogP contribution in [0.1, 0.15) is 18.5 Å². The molecule has 0 aliphatic carbocycles. The largest absolute Gasteiger partial charge is 0.495 e.